The van der Waals surface area contributed by atoms with Crippen LogP contribution in [0.1, 0.15) is 46.7 Å². The van der Waals surface area contributed by atoms with Gasteiger partial charge in [0, 0.05) is 0 Å². The number of hydrogen-bond donors (Lipinski definition) is 1. The number of benzene rings is 3. The SMILES string of the molecule is CC(C)(CCc1ccccc1)[NH][Ti]([CH2]c1ccccc1)[CH]1C=Cc2ccccc21. The molecule has 1 aliphatic carbocycles. The Morgan fingerprint density at radius 2 is 1.41 bits per heavy atom. The van der Waals surface area contributed by atoms with Crippen LogP contribution in [0.3, 0.4) is 0 Å². The standard InChI is InChI=1S/C11H16N.C9H7.C7H7.Ti/c1-11(2,12)9-8-10-6-4-3-5-7-10;1-2-5-9-7-3-6-8(9)4-1;1-7-5-3-2-4-6-7;/h3-7,12H,8-9H2,1-2H3;1-7H;2-6H,1H2;/q-1;;;+1. The molecular weight excluding hydrogens is 386 g/mol. The van der Waals surface area contributed by atoms with Gasteiger partial charge < -0.3 is 0 Å². The minimum atomic E-state index is -1.68. The third-order valence-electron chi connectivity index (χ3n) is 5.79. The van der Waals surface area contributed by atoms with Crippen molar-refractivity contribution in [1.29, 1.82) is 0 Å². The molecule has 0 fully saturated rings. The molecular formula is C27H30NTi. The average Bonchev–Trinajstić information content (AvgIpc) is 3.18. The predicted octanol–water partition coefficient (Wildman–Crippen LogP) is 6.49. The first-order valence-electron chi connectivity index (χ1n) is 10.6. The maximum atomic E-state index is 4.21. The Kier molecular flexibility index (Phi) is 6.50. The third kappa shape index (κ3) is 5.36. The van der Waals surface area contributed by atoms with Crippen LogP contribution < -0.4 is 3.80 Å². The van der Waals surface area contributed by atoms with E-state index in [0.29, 0.717) is 4.22 Å². The number of rotatable bonds is 8. The Balaban J connectivity index is 1.53. The summed E-state index contributed by atoms with van der Waals surface area (Å²) in [6, 6.07) is 30.8. The maximum absolute atomic E-state index is 4.21. The number of fused-ring (bicyclic) bond motifs is 1. The van der Waals surface area contributed by atoms with Gasteiger partial charge in [0.2, 0.25) is 0 Å². The van der Waals surface area contributed by atoms with Crippen LogP contribution in [0.4, 0.5) is 0 Å². The number of allylic oxidation sites excluding steroid dienone is 1. The molecule has 1 aliphatic rings. The van der Waals surface area contributed by atoms with Crippen molar-refractivity contribution in [3.8, 4) is 0 Å². The number of aryl methyl sites for hydroxylation is 1. The van der Waals surface area contributed by atoms with Crippen molar-refractivity contribution in [2.75, 3.05) is 0 Å². The van der Waals surface area contributed by atoms with Crippen molar-refractivity contribution < 1.29 is 18.1 Å². The molecule has 0 saturated heterocycles. The minimum absolute atomic E-state index is 0.130. The quantitative estimate of drug-likeness (QED) is 0.414. The van der Waals surface area contributed by atoms with Crippen LogP contribution in [0.15, 0.2) is 91.0 Å². The molecule has 1 unspecified atom stereocenters. The molecule has 3 aromatic rings. The molecule has 147 valence electrons. The van der Waals surface area contributed by atoms with Gasteiger partial charge in [-0.25, -0.2) is 0 Å². The molecule has 1 N–H and O–H groups in total. The van der Waals surface area contributed by atoms with Gasteiger partial charge in [0.1, 0.15) is 0 Å². The van der Waals surface area contributed by atoms with Gasteiger partial charge in [0.25, 0.3) is 0 Å². The number of nitrogens with one attached hydrogen (secondary N) is 1. The average molecular weight is 416 g/mol. The summed E-state index contributed by atoms with van der Waals surface area (Å²) in [5.41, 5.74) is 5.94. The van der Waals surface area contributed by atoms with Gasteiger partial charge in [-0.2, -0.15) is 0 Å². The zero-order valence-electron chi connectivity index (χ0n) is 17.4. The molecule has 29 heavy (non-hydrogen) atoms. The summed E-state index contributed by atoms with van der Waals surface area (Å²) in [5.74, 6) is 0. The Hall–Kier alpha value is -1.93. The van der Waals surface area contributed by atoms with Gasteiger partial charge in [-0.15, -0.1) is 0 Å². The molecule has 0 aliphatic heterocycles. The van der Waals surface area contributed by atoms with Gasteiger partial charge in [0.05, 0.1) is 0 Å². The molecule has 1 atom stereocenters. The van der Waals surface area contributed by atoms with Gasteiger partial charge >= 0.3 is 182 Å². The predicted molar refractivity (Wildman–Crippen MR) is 120 cm³/mol. The van der Waals surface area contributed by atoms with Crippen molar-refractivity contribution in [3.63, 3.8) is 0 Å². The molecule has 0 radical (unpaired) electrons. The van der Waals surface area contributed by atoms with Crippen LogP contribution in [-0.2, 0) is 29.3 Å². The normalized spacial score (nSPS) is 15.3. The molecule has 2 heteroatoms. The molecule has 1 nitrogen and oxygen atoms in total. The van der Waals surface area contributed by atoms with Gasteiger partial charge in [-0.05, 0) is 0 Å². The molecule has 3 aromatic carbocycles. The molecule has 0 saturated carbocycles. The van der Waals surface area contributed by atoms with Crippen molar-refractivity contribution in [2.24, 2.45) is 0 Å². The van der Waals surface area contributed by atoms with Crippen LogP contribution in [-0.4, -0.2) is 5.54 Å². The Morgan fingerprint density at radius 3 is 2.14 bits per heavy atom. The summed E-state index contributed by atoms with van der Waals surface area (Å²) in [5, 5.41) is 0. The molecule has 0 aromatic heterocycles. The van der Waals surface area contributed by atoms with E-state index in [2.05, 4.69) is 115 Å². The van der Waals surface area contributed by atoms with E-state index in [9.17, 15) is 0 Å². The fourth-order valence-corrected chi connectivity index (χ4v) is 9.04. The summed E-state index contributed by atoms with van der Waals surface area (Å²) in [6.07, 6.45) is 7.06. The summed E-state index contributed by atoms with van der Waals surface area (Å²) in [6.45, 7) is 4.77. The van der Waals surface area contributed by atoms with Crippen molar-refractivity contribution in [3.05, 3.63) is 113 Å². The van der Waals surface area contributed by atoms with E-state index in [-0.39, 0.29) is 5.54 Å². The second-order valence-corrected chi connectivity index (χ2v) is 12.2. The zero-order valence-corrected chi connectivity index (χ0v) is 19.0. The van der Waals surface area contributed by atoms with Crippen LogP contribution in [0, 0.1) is 0 Å². The molecule has 0 bridgehead atoms. The van der Waals surface area contributed by atoms with E-state index < -0.39 is 18.1 Å². The molecule has 0 amide bonds. The first-order valence-corrected chi connectivity index (χ1v) is 13.4. The fraction of sp³-hybridized carbons (Fsp3) is 0.259. The second-order valence-electron chi connectivity index (χ2n) is 8.65. The zero-order chi connectivity index (χ0) is 20.1. The summed E-state index contributed by atoms with van der Waals surface area (Å²) in [4.78, 5) is 0. The van der Waals surface area contributed by atoms with E-state index in [4.69, 9.17) is 0 Å². The molecule has 0 heterocycles. The number of hydrogen-bond acceptors (Lipinski definition) is 1. The van der Waals surface area contributed by atoms with Crippen molar-refractivity contribution in [2.45, 2.75) is 41.2 Å². The van der Waals surface area contributed by atoms with Crippen molar-refractivity contribution in [1.82, 2.24) is 3.80 Å². The topological polar surface area (TPSA) is 12.0 Å². The molecule has 0 spiro atoms. The van der Waals surface area contributed by atoms with Crippen molar-refractivity contribution >= 4 is 6.08 Å². The Bertz CT molecular complexity index is 947. The third-order valence-corrected chi connectivity index (χ3v) is 10.5. The van der Waals surface area contributed by atoms with E-state index in [0.717, 1.165) is 12.8 Å². The van der Waals surface area contributed by atoms with Gasteiger partial charge in [-0.1, -0.05) is 0 Å². The Morgan fingerprint density at radius 1 is 0.793 bits per heavy atom. The van der Waals surface area contributed by atoms with Crippen LogP contribution in [0.25, 0.3) is 6.08 Å². The fourth-order valence-electron chi connectivity index (χ4n) is 4.20. The van der Waals surface area contributed by atoms with Gasteiger partial charge in [-0.3, -0.25) is 0 Å². The Labute approximate surface area is 182 Å². The molecule has 4 rings (SSSR count). The van der Waals surface area contributed by atoms with E-state index in [1.165, 1.54) is 27.0 Å². The second kappa shape index (κ2) is 9.26. The first kappa shape index (κ1) is 20.4. The van der Waals surface area contributed by atoms with E-state index in [1.54, 1.807) is 0 Å². The van der Waals surface area contributed by atoms with Crippen LogP contribution in [0.2, 0.25) is 0 Å². The summed E-state index contributed by atoms with van der Waals surface area (Å²) in [7, 11) is 0. The van der Waals surface area contributed by atoms with Crippen LogP contribution in [0.5, 0.6) is 0 Å². The van der Waals surface area contributed by atoms with Gasteiger partial charge in [0.15, 0.2) is 0 Å². The van der Waals surface area contributed by atoms with Crippen LogP contribution >= 0.6 is 0 Å². The summed E-state index contributed by atoms with van der Waals surface area (Å²) < 4.78 is 5.98. The van der Waals surface area contributed by atoms with E-state index in [1.807, 2.05) is 0 Å². The monoisotopic (exact) mass is 416 g/mol. The summed E-state index contributed by atoms with van der Waals surface area (Å²) >= 11 is -1.68. The first-order chi connectivity index (χ1) is 14.1. The van der Waals surface area contributed by atoms with E-state index >= 15 is 0 Å².